The van der Waals surface area contributed by atoms with Crippen molar-refractivity contribution in [3.05, 3.63) is 58.6 Å². The molecule has 6 heteroatoms. The number of rotatable bonds is 3. The summed E-state index contributed by atoms with van der Waals surface area (Å²) in [5.41, 5.74) is 2.43. The minimum absolute atomic E-state index is 0.150. The van der Waals surface area contributed by atoms with Crippen molar-refractivity contribution in [2.45, 2.75) is 6.92 Å². The molecule has 0 spiro atoms. The summed E-state index contributed by atoms with van der Waals surface area (Å²) in [5.74, 6) is 0.0366. The Labute approximate surface area is 153 Å². The summed E-state index contributed by atoms with van der Waals surface area (Å²) >= 11 is 6.19. The minimum atomic E-state index is -1.03. The van der Waals surface area contributed by atoms with Gasteiger partial charge in [0.15, 0.2) is 17.1 Å². The van der Waals surface area contributed by atoms with E-state index in [1.165, 1.54) is 6.07 Å². The van der Waals surface area contributed by atoms with Crippen LogP contribution in [0.4, 0.5) is 0 Å². The van der Waals surface area contributed by atoms with E-state index in [4.69, 9.17) is 20.8 Å². The number of pyridine rings is 1. The van der Waals surface area contributed by atoms with Gasteiger partial charge in [-0.1, -0.05) is 29.8 Å². The molecule has 0 aliphatic rings. The number of aromatic carboxylic acids is 1. The van der Waals surface area contributed by atoms with Gasteiger partial charge in [-0.3, -0.25) is 0 Å². The number of aromatic nitrogens is 1. The third-order valence-electron chi connectivity index (χ3n) is 4.38. The van der Waals surface area contributed by atoms with Crippen LogP contribution in [0.15, 0.2) is 46.9 Å². The molecule has 4 aromatic rings. The standard InChI is InChI=1S/C20H14ClNO4/c1-10-14(21)7-6-12-13(20(23)24)9-15(22-18(10)12)17-8-11-4-3-5-16(25-2)19(11)26-17/h3-9H,1-2H3,(H,23,24). The molecule has 0 radical (unpaired) electrons. The number of carbonyl (C=O) groups is 1. The van der Waals surface area contributed by atoms with Crippen LogP contribution in [0, 0.1) is 6.92 Å². The largest absolute Gasteiger partial charge is 0.493 e. The fourth-order valence-corrected chi connectivity index (χ4v) is 3.18. The van der Waals surface area contributed by atoms with Gasteiger partial charge >= 0.3 is 5.97 Å². The van der Waals surface area contributed by atoms with Crippen LogP contribution in [0.2, 0.25) is 5.02 Å². The zero-order chi connectivity index (χ0) is 18.4. The van der Waals surface area contributed by atoms with Crippen molar-refractivity contribution in [2.24, 2.45) is 0 Å². The highest BCUT2D eigenvalue weighted by Gasteiger charge is 2.18. The third kappa shape index (κ3) is 2.48. The molecule has 0 saturated heterocycles. The summed E-state index contributed by atoms with van der Waals surface area (Å²) in [6, 6.07) is 12.2. The highest BCUT2D eigenvalue weighted by Crippen LogP contribution is 2.35. The Morgan fingerprint density at radius 1 is 1.23 bits per heavy atom. The van der Waals surface area contributed by atoms with Crippen molar-refractivity contribution in [3.63, 3.8) is 0 Å². The van der Waals surface area contributed by atoms with E-state index in [1.54, 1.807) is 25.3 Å². The third-order valence-corrected chi connectivity index (χ3v) is 4.79. The Hall–Kier alpha value is -3.05. The van der Waals surface area contributed by atoms with E-state index in [0.29, 0.717) is 38.7 Å². The smallest absolute Gasteiger partial charge is 0.336 e. The minimum Gasteiger partial charge on any atom is -0.493 e. The fraction of sp³-hybridized carbons (Fsp3) is 0.100. The molecular formula is C20H14ClNO4. The summed E-state index contributed by atoms with van der Waals surface area (Å²) in [4.78, 5) is 16.4. The van der Waals surface area contributed by atoms with Crippen LogP contribution in [-0.2, 0) is 0 Å². The molecular weight excluding hydrogens is 354 g/mol. The van der Waals surface area contributed by atoms with Crippen LogP contribution >= 0.6 is 11.6 Å². The number of carboxylic acids is 1. The molecule has 0 unspecified atom stereocenters. The van der Waals surface area contributed by atoms with Gasteiger partial charge < -0.3 is 14.3 Å². The van der Waals surface area contributed by atoms with E-state index < -0.39 is 5.97 Å². The average molecular weight is 368 g/mol. The quantitative estimate of drug-likeness (QED) is 0.530. The Morgan fingerprint density at radius 2 is 2.04 bits per heavy atom. The van der Waals surface area contributed by atoms with Gasteiger partial charge in [0.1, 0.15) is 5.69 Å². The fourth-order valence-electron chi connectivity index (χ4n) is 3.03. The topological polar surface area (TPSA) is 72.6 Å². The molecule has 0 aliphatic heterocycles. The number of aryl methyl sites for hydroxylation is 1. The monoisotopic (exact) mass is 367 g/mol. The van der Waals surface area contributed by atoms with Crippen LogP contribution in [-0.4, -0.2) is 23.2 Å². The maximum absolute atomic E-state index is 11.8. The summed E-state index contributed by atoms with van der Waals surface area (Å²) in [5, 5.41) is 11.5. The molecule has 26 heavy (non-hydrogen) atoms. The van der Waals surface area contributed by atoms with E-state index in [0.717, 1.165) is 10.9 Å². The Balaban J connectivity index is 2.03. The van der Waals surface area contributed by atoms with Gasteiger partial charge in [0, 0.05) is 15.8 Å². The normalized spacial score (nSPS) is 11.2. The van der Waals surface area contributed by atoms with E-state index in [2.05, 4.69) is 4.98 Å². The number of halogens is 1. The molecule has 2 heterocycles. The van der Waals surface area contributed by atoms with Crippen LogP contribution in [0.5, 0.6) is 5.75 Å². The molecule has 0 bridgehead atoms. The molecule has 2 aromatic carbocycles. The lowest BCUT2D eigenvalue weighted by molar-refractivity contribution is 0.0699. The maximum atomic E-state index is 11.8. The van der Waals surface area contributed by atoms with Crippen LogP contribution < -0.4 is 4.74 Å². The Bertz CT molecular complexity index is 1180. The van der Waals surface area contributed by atoms with E-state index in [-0.39, 0.29) is 5.56 Å². The molecule has 130 valence electrons. The van der Waals surface area contributed by atoms with Crippen molar-refractivity contribution < 1.29 is 19.1 Å². The van der Waals surface area contributed by atoms with Crippen molar-refractivity contribution in [2.75, 3.05) is 7.11 Å². The SMILES string of the molecule is COc1cccc2cc(-c3cc(C(=O)O)c4ccc(Cl)c(C)c4n3)oc12. The van der Waals surface area contributed by atoms with Gasteiger partial charge in [-0.2, -0.15) is 0 Å². The van der Waals surface area contributed by atoms with Crippen molar-refractivity contribution >= 4 is 39.4 Å². The number of ether oxygens (including phenoxy) is 1. The number of para-hydroxylation sites is 1. The molecule has 0 amide bonds. The van der Waals surface area contributed by atoms with Gasteiger partial charge in [0.05, 0.1) is 18.2 Å². The van der Waals surface area contributed by atoms with Crippen LogP contribution in [0.25, 0.3) is 33.3 Å². The molecule has 0 atom stereocenters. The lowest BCUT2D eigenvalue weighted by atomic mass is 10.0. The van der Waals surface area contributed by atoms with Crippen LogP contribution in [0.3, 0.4) is 0 Å². The van der Waals surface area contributed by atoms with E-state index >= 15 is 0 Å². The Morgan fingerprint density at radius 3 is 2.77 bits per heavy atom. The van der Waals surface area contributed by atoms with Gasteiger partial charge in [-0.15, -0.1) is 0 Å². The molecule has 4 rings (SSSR count). The summed E-state index contributed by atoms with van der Waals surface area (Å²) in [6.45, 7) is 1.81. The lowest BCUT2D eigenvalue weighted by Crippen LogP contribution is -2.01. The van der Waals surface area contributed by atoms with Crippen LogP contribution in [0.1, 0.15) is 15.9 Å². The number of fused-ring (bicyclic) bond motifs is 2. The van der Waals surface area contributed by atoms with Crippen molar-refractivity contribution in [1.29, 1.82) is 0 Å². The van der Waals surface area contributed by atoms with Crippen molar-refractivity contribution in [3.8, 4) is 17.2 Å². The average Bonchev–Trinajstić information content (AvgIpc) is 3.08. The summed E-state index contributed by atoms with van der Waals surface area (Å²) < 4.78 is 11.2. The molecule has 0 fully saturated rings. The van der Waals surface area contributed by atoms with E-state index in [9.17, 15) is 9.90 Å². The highest BCUT2D eigenvalue weighted by atomic mass is 35.5. The number of furan rings is 1. The molecule has 1 N–H and O–H groups in total. The molecule has 2 aromatic heterocycles. The molecule has 0 saturated carbocycles. The number of nitrogens with zero attached hydrogens (tertiary/aromatic N) is 1. The first-order valence-electron chi connectivity index (χ1n) is 7.89. The first-order valence-corrected chi connectivity index (χ1v) is 8.27. The second-order valence-corrected chi connectivity index (χ2v) is 6.33. The second kappa shape index (κ2) is 6.04. The second-order valence-electron chi connectivity index (χ2n) is 5.92. The summed E-state index contributed by atoms with van der Waals surface area (Å²) in [7, 11) is 1.57. The highest BCUT2D eigenvalue weighted by molar-refractivity contribution is 6.32. The Kier molecular flexibility index (Phi) is 3.81. The molecule has 0 aliphatic carbocycles. The lowest BCUT2D eigenvalue weighted by Gasteiger charge is -2.08. The molecule has 5 nitrogen and oxygen atoms in total. The number of carboxylic acid groups (broad SMARTS) is 1. The number of hydrogen-bond acceptors (Lipinski definition) is 4. The summed E-state index contributed by atoms with van der Waals surface area (Å²) in [6.07, 6.45) is 0. The number of benzene rings is 2. The zero-order valence-electron chi connectivity index (χ0n) is 14.0. The van der Waals surface area contributed by atoms with Gasteiger partial charge in [-0.05, 0) is 36.8 Å². The van der Waals surface area contributed by atoms with Gasteiger partial charge in [0.2, 0.25) is 0 Å². The predicted octanol–water partition coefficient (Wildman–Crippen LogP) is 5.32. The number of hydrogen-bond donors (Lipinski definition) is 1. The van der Waals surface area contributed by atoms with Crippen molar-refractivity contribution in [1.82, 2.24) is 4.98 Å². The first kappa shape index (κ1) is 16.4. The first-order chi connectivity index (χ1) is 12.5. The zero-order valence-corrected chi connectivity index (χ0v) is 14.8. The predicted molar refractivity (Wildman–Crippen MR) is 100 cm³/mol. The van der Waals surface area contributed by atoms with Gasteiger partial charge in [0.25, 0.3) is 0 Å². The maximum Gasteiger partial charge on any atom is 0.336 e. The van der Waals surface area contributed by atoms with Gasteiger partial charge in [-0.25, -0.2) is 9.78 Å². The van der Waals surface area contributed by atoms with E-state index in [1.807, 2.05) is 25.1 Å². The number of methoxy groups -OCH3 is 1.